The summed E-state index contributed by atoms with van der Waals surface area (Å²) in [4.78, 5) is 20.8. The molecule has 0 aliphatic rings. The average Bonchev–Trinajstić information content (AvgIpc) is 2.95. The molecule has 2 aromatic rings. The molecule has 0 fully saturated rings. The Bertz CT molecular complexity index is 656. The van der Waals surface area contributed by atoms with E-state index in [9.17, 15) is 4.79 Å². The Kier molecular flexibility index (Phi) is 4.02. The van der Waals surface area contributed by atoms with Gasteiger partial charge in [-0.05, 0) is 12.1 Å². The molecule has 0 radical (unpaired) electrons. The first kappa shape index (κ1) is 14.7. The largest absolute Gasteiger partial charge is 0.379 e. The maximum Gasteiger partial charge on any atom is 0.371 e. The number of nitrogens with two attached hydrogens (primary N) is 1. The van der Waals surface area contributed by atoms with Crippen LogP contribution in [0, 0.1) is 0 Å². The van der Waals surface area contributed by atoms with Crippen LogP contribution in [0.15, 0.2) is 40.3 Å². The minimum atomic E-state index is -0.681. The molecule has 2 heterocycles. The Hall–Kier alpha value is -2.70. The third kappa shape index (κ3) is 3.44. The predicted octanol–water partition coefficient (Wildman–Crippen LogP) is 1.84. The van der Waals surface area contributed by atoms with E-state index in [1.54, 1.807) is 24.4 Å². The van der Waals surface area contributed by atoms with Crippen LogP contribution in [0.1, 0.15) is 42.6 Å². The van der Waals surface area contributed by atoms with Crippen LogP contribution in [0.25, 0.3) is 0 Å². The second-order valence-electron chi connectivity index (χ2n) is 5.39. The van der Waals surface area contributed by atoms with E-state index in [4.69, 9.17) is 15.1 Å². The number of amidine groups is 1. The molecule has 2 N–H and O–H groups in total. The van der Waals surface area contributed by atoms with Crippen molar-refractivity contribution < 1.29 is 14.2 Å². The summed E-state index contributed by atoms with van der Waals surface area (Å²) in [5.41, 5.74) is 5.96. The van der Waals surface area contributed by atoms with E-state index < -0.39 is 5.97 Å². The third-order valence-electron chi connectivity index (χ3n) is 2.63. The SMILES string of the molecule is CC(C)(C)c1oncc1C(=O)O/N=C(\N)c1ccccn1. The van der Waals surface area contributed by atoms with E-state index >= 15 is 0 Å². The van der Waals surface area contributed by atoms with Gasteiger partial charge in [0.2, 0.25) is 0 Å². The molecule has 0 aliphatic heterocycles. The summed E-state index contributed by atoms with van der Waals surface area (Å²) >= 11 is 0. The molecule has 7 nitrogen and oxygen atoms in total. The summed E-state index contributed by atoms with van der Waals surface area (Å²) < 4.78 is 5.10. The van der Waals surface area contributed by atoms with Crippen LogP contribution in [0.5, 0.6) is 0 Å². The van der Waals surface area contributed by atoms with Gasteiger partial charge in [-0.2, -0.15) is 0 Å². The Morgan fingerprint density at radius 3 is 2.76 bits per heavy atom. The zero-order valence-corrected chi connectivity index (χ0v) is 12.0. The van der Waals surface area contributed by atoms with Crippen molar-refractivity contribution in [3.8, 4) is 0 Å². The number of hydrogen-bond donors (Lipinski definition) is 1. The Labute approximate surface area is 121 Å². The van der Waals surface area contributed by atoms with Gasteiger partial charge in [-0.3, -0.25) is 4.98 Å². The molecular weight excluding hydrogens is 272 g/mol. The molecule has 7 heteroatoms. The lowest BCUT2D eigenvalue weighted by atomic mass is 9.91. The quantitative estimate of drug-likeness (QED) is 0.400. The lowest BCUT2D eigenvalue weighted by Gasteiger charge is -2.14. The number of carbonyl (C=O) groups excluding carboxylic acids is 1. The lowest BCUT2D eigenvalue weighted by Crippen LogP contribution is -2.18. The van der Waals surface area contributed by atoms with Gasteiger partial charge in [0, 0.05) is 11.6 Å². The van der Waals surface area contributed by atoms with E-state index in [0.29, 0.717) is 11.5 Å². The third-order valence-corrected chi connectivity index (χ3v) is 2.63. The number of nitrogens with zero attached hydrogens (tertiary/aromatic N) is 3. The normalized spacial score (nSPS) is 12.2. The van der Waals surface area contributed by atoms with Crippen molar-refractivity contribution in [2.24, 2.45) is 10.9 Å². The van der Waals surface area contributed by atoms with Gasteiger partial charge in [0.05, 0.1) is 6.20 Å². The first-order chi connectivity index (χ1) is 9.89. The maximum atomic E-state index is 12.0. The highest BCUT2D eigenvalue weighted by Crippen LogP contribution is 2.26. The van der Waals surface area contributed by atoms with Crippen molar-refractivity contribution in [1.82, 2.24) is 10.1 Å². The van der Waals surface area contributed by atoms with Gasteiger partial charge in [0.1, 0.15) is 11.3 Å². The zero-order chi connectivity index (χ0) is 15.5. The van der Waals surface area contributed by atoms with Crippen LogP contribution in [-0.4, -0.2) is 21.9 Å². The standard InChI is InChI=1S/C14H16N4O3/c1-14(2,3)11-9(8-17-20-11)13(19)21-18-12(15)10-6-4-5-7-16-10/h4-8H,1-3H3,(H2,15,18). The summed E-state index contributed by atoms with van der Waals surface area (Å²) in [5, 5.41) is 7.21. The van der Waals surface area contributed by atoms with Crippen molar-refractivity contribution >= 4 is 11.8 Å². The van der Waals surface area contributed by atoms with Gasteiger partial charge in [-0.1, -0.05) is 37.1 Å². The molecule has 2 rings (SSSR count). The van der Waals surface area contributed by atoms with E-state index in [0.717, 1.165) is 0 Å². The van der Waals surface area contributed by atoms with Crippen LogP contribution < -0.4 is 5.73 Å². The lowest BCUT2D eigenvalue weighted by molar-refractivity contribution is 0.0511. The monoisotopic (exact) mass is 288 g/mol. The molecule has 21 heavy (non-hydrogen) atoms. The smallest absolute Gasteiger partial charge is 0.371 e. The number of carbonyl (C=O) groups is 1. The minimum absolute atomic E-state index is 0.0118. The predicted molar refractivity (Wildman–Crippen MR) is 75.6 cm³/mol. The fourth-order valence-electron chi connectivity index (χ4n) is 1.63. The molecule has 0 spiro atoms. The molecule has 110 valence electrons. The molecule has 0 aliphatic carbocycles. The van der Waals surface area contributed by atoms with E-state index in [2.05, 4.69) is 15.3 Å². The first-order valence-electron chi connectivity index (χ1n) is 6.31. The second-order valence-corrected chi connectivity index (χ2v) is 5.39. The van der Waals surface area contributed by atoms with Crippen molar-refractivity contribution in [3.63, 3.8) is 0 Å². The number of aromatic nitrogens is 2. The van der Waals surface area contributed by atoms with E-state index in [1.807, 2.05) is 20.8 Å². The van der Waals surface area contributed by atoms with Crippen molar-refractivity contribution in [1.29, 1.82) is 0 Å². The molecule has 0 aromatic carbocycles. The second kappa shape index (κ2) is 5.74. The summed E-state index contributed by atoms with van der Waals surface area (Å²) in [5.74, 6) is -0.239. The van der Waals surface area contributed by atoms with Crippen LogP contribution in [0.3, 0.4) is 0 Å². The fourth-order valence-corrected chi connectivity index (χ4v) is 1.63. The number of rotatable bonds is 3. The van der Waals surface area contributed by atoms with Gasteiger partial charge >= 0.3 is 5.97 Å². The number of oxime groups is 1. The summed E-state index contributed by atoms with van der Waals surface area (Å²) in [6, 6.07) is 5.16. The molecule has 0 saturated heterocycles. The Balaban J connectivity index is 2.15. The molecular formula is C14H16N4O3. The highest BCUT2D eigenvalue weighted by atomic mass is 16.7. The average molecular weight is 288 g/mol. The molecule has 0 bridgehead atoms. The molecule has 0 amide bonds. The summed E-state index contributed by atoms with van der Waals surface area (Å²) in [6.07, 6.45) is 2.87. The summed E-state index contributed by atoms with van der Waals surface area (Å²) in [6.45, 7) is 5.70. The highest BCUT2D eigenvalue weighted by Gasteiger charge is 2.28. The number of hydrogen-bond acceptors (Lipinski definition) is 6. The van der Waals surface area contributed by atoms with Crippen molar-refractivity contribution in [2.75, 3.05) is 0 Å². The van der Waals surface area contributed by atoms with Gasteiger partial charge < -0.3 is 15.1 Å². The van der Waals surface area contributed by atoms with Crippen LogP contribution in [0.4, 0.5) is 0 Å². The van der Waals surface area contributed by atoms with Gasteiger partial charge in [-0.15, -0.1) is 0 Å². The van der Waals surface area contributed by atoms with Gasteiger partial charge in [0.25, 0.3) is 0 Å². The van der Waals surface area contributed by atoms with Crippen LogP contribution >= 0.6 is 0 Å². The molecule has 0 atom stereocenters. The summed E-state index contributed by atoms with van der Waals surface area (Å²) in [7, 11) is 0. The first-order valence-corrected chi connectivity index (χ1v) is 6.31. The maximum absolute atomic E-state index is 12.0. The van der Waals surface area contributed by atoms with E-state index in [1.165, 1.54) is 6.20 Å². The van der Waals surface area contributed by atoms with Gasteiger partial charge in [0.15, 0.2) is 11.6 Å². The Morgan fingerprint density at radius 2 is 2.14 bits per heavy atom. The van der Waals surface area contributed by atoms with Crippen LogP contribution in [-0.2, 0) is 10.3 Å². The minimum Gasteiger partial charge on any atom is -0.379 e. The topological polar surface area (TPSA) is 104 Å². The highest BCUT2D eigenvalue weighted by molar-refractivity contribution is 5.96. The van der Waals surface area contributed by atoms with Crippen molar-refractivity contribution in [2.45, 2.75) is 26.2 Å². The Morgan fingerprint density at radius 1 is 1.38 bits per heavy atom. The molecule has 2 aromatic heterocycles. The zero-order valence-electron chi connectivity index (χ0n) is 12.0. The fraction of sp³-hybridized carbons (Fsp3) is 0.286. The van der Waals surface area contributed by atoms with Gasteiger partial charge in [-0.25, -0.2) is 4.79 Å². The number of pyridine rings is 1. The molecule has 0 saturated carbocycles. The van der Waals surface area contributed by atoms with Crippen LogP contribution in [0.2, 0.25) is 0 Å². The molecule has 0 unspecified atom stereocenters. The van der Waals surface area contributed by atoms with E-state index in [-0.39, 0.29) is 16.8 Å². The van der Waals surface area contributed by atoms with Crippen molar-refractivity contribution in [3.05, 3.63) is 47.6 Å².